The van der Waals surface area contributed by atoms with E-state index in [2.05, 4.69) is 15.1 Å². The Bertz CT molecular complexity index is 335. The van der Waals surface area contributed by atoms with E-state index in [-0.39, 0.29) is 5.91 Å². The molecule has 1 saturated carbocycles. The van der Waals surface area contributed by atoms with Gasteiger partial charge in [0.1, 0.15) is 0 Å². The highest BCUT2D eigenvalue weighted by molar-refractivity contribution is 5.78. The largest absolute Gasteiger partial charge is 0.355 e. The van der Waals surface area contributed by atoms with E-state index in [0.29, 0.717) is 12.6 Å². The maximum Gasteiger partial charge on any atom is 0.234 e. The van der Waals surface area contributed by atoms with Gasteiger partial charge in [0.15, 0.2) is 0 Å². The van der Waals surface area contributed by atoms with Crippen molar-refractivity contribution in [2.24, 2.45) is 5.92 Å². The molecule has 2 heterocycles. The summed E-state index contributed by atoms with van der Waals surface area (Å²) >= 11 is 0. The summed E-state index contributed by atoms with van der Waals surface area (Å²) in [6.07, 6.45) is 10.7. The molecule has 4 nitrogen and oxygen atoms in total. The van der Waals surface area contributed by atoms with Gasteiger partial charge in [-0.1, -0.05) is 12.8 Å². The zero-order chi connectivity index (χ0) is 14.5. The van der Waals surface area contributed by atoms with Gasteiger partial charge in [-0.2, -0.15) is 0 Å². The second-order valence-electron chi connectivity index (χ2n) is 7.23. The molecule has 0 aromatic heterocycles. The molecule has 1 atom stereocenters. The Labute approximate surface area is 129 Å². The van der Waals surface area contributed by atoms with E-state index in [1.54, 1.807) is 0 Å². The molecule has 4 heteroatoms. The lowest BCUT2D eigenvalue weighted by Crippen LogP contribution is -2.50. The van der Waals surface area contributed by atoms with Crippen molar-refractivity contribution in [1.82, 2.24) is 15.1 Å². The third-order valence-electron chi connectivity index (χ3n) is 5.29. The van der Waals surface area contributed by atoms with Crippen LogP contribution in [0.1, 0.15) is 51.4 Å². The van der Waals surface area contributed by atoms with Crippen molar-refractivity contribution in [3.63, 3.8) is 0 Å². The molecule has 0 radical (unpaired) electrons. The summed E-state index contributed by atoms with van der Waals surface area (Å²) in [7, 11) is 0. The zero-order valence-corrected chi connectivity index (χ0v) is 13.4. The topological polar surface area (TPSA) is 35.6 Å². The molecular formula is C17H31N3O. The molecule has 3 aliphatic rings. The van der Waals surface area contributed by atoms with Crippen LogP contribution < -0.4 is 5.32 Å². The number of rotatable bonds is 5. The van der Waals surface area contributed by atoms with Gasteiger partial charge in [0.25, 0.3) is 0 Å². The Balaban J connectivity index is 1.42. The summed E-state index contributed by atoms with van der Waals surface area (Å²) in [4.78, 5) is 17.1. The standard InChI is InChI=1S/C17H31N3O/c21-17(18-12-15-7-8-15)14-19-9-5-6-16(13-19)20-10-3-1-2-4-11-20/h15-16H,1-14H2,(H,18,21). The van der Waals surface area contributed by atoms with E-state index in [9.17, 15) is 4.79 Å². The van der Waals surface area contributed by atoms with Crippen molar-refractivity contribution in [3.8, 4) is 0 Å². The predicted molar refractivity (Wildman–Crippen MR) is 85.2 cm³/mol. The highest BCUT2D eigenvalue weighted by Crippen LogP contribution is 2.27. The van der Waals surface area contributed by atoms with Crippen LogP contribution in [-0.2, 0) is 4.79 Å². The van der Waals surface area contributed by atoms with Crippen LogP contribution >= 0.6 is 0 Å². The van der Waals surface area contributed by atoms with E-state index in [1.165, 1.54) is 64.5 Å². The van der Waals surface area contributed by atoms with Gasteiger partial charge in [-0.05, 0) is 64.1 Å². The smallest absolute Gasteiger partial charge is 0.234 e. The van der Waals surface area contributed by atoms with Crippen LogP contribution in [0.25, 0.3) is 0 Å². The molecule has 3 fully saturated rings. The molecule has 2 aliphatic heterocycles. The molecule has 0 aromatic rings. The Kier molecular flexibility index (Phi) is 5.53. The number of hydrogen-bond donors (Lipinski definition) is 1. The summed E-state index contributed by atoms with van der Waals surface area (Å²) in [5.74, 6) is 1.01. The molecule has 2 saturated heterocycles. The van der Waals surface area contributed by atoms with Gasteiger partial charge in [-0.25, -0.2) is 0 Å². The lowest BCUT2D eigenvalue weighted by atomic mass is 10.0. The van der Waals surface area contributed by atoms with Gasteiger partial charge < -0.3 is 5.32 Å². The van der Waals surface area contributed by atoms with E-state index in [4.69, 9.17) is 0 Å². The third-order valence-corrected chi connectivity index (χ3v) is 5.29. The van der Waals surface area contributed by atoms with Crippen LogP contribution in [0.3, 0.4) is 0 Å². The highest BCUT2D eigenvalue weighted by atomic mass is 16.2. The lowest BCUT2D eigenvalue weighted by molar-refractivity contribution is -0.122. The summed E-state index contributed by atoms with van der Waals surface area (Å²) in [6, 6.07) is 0.688. The molecule has 1 N–H and O–H groups in total. The van der Waals surface area contributed by atoms with Gasteiger partial charge in [0.2, 0.25) is 5.91 Å². The average Bonchev–Trinajstić information content (AvgIpc) is 3.32. The molecule has 3 rings (SSSR count). The lowest BCUT2D eigenvalue weighted by Gasteiger charge is -2.38. The number of carbonyl (C=O) groups is 1. The molecule has 21 heavy (non-hydrogen) atoms. The van der Waals surface area contributed by atoms with Crippen LogP contribution in [0.15, 0.2) is 0 Å². The Morgan fingerprint density at radius 1 is 0.952 bits per heavy atom. The average molecular weight is 293 g/mol. The Morgan fingerprint density at radius 2 is 1.71 bits per heavy atom. The minimum absolute atomic E-state index is 0.235. The number of likely N-dealkylation sites (tertiary alicyclic amines) is 2. The second-order valence-corrected chi connectivity index (χ2v) is 7.23. The summed E-state index contributed by atoms with van der Waals surface area (Å²) in [6.45, 7) is 6.25. The molecule has 1 amide bonds. The van der Waals surface area contributed by atoms with Crippen LogP contribution in [0.4, 0.5) is 0 Å². The molecule has 1 unspecified atom stereocenters. The number of carbonyl (C=O) groups excluding carboxylic acids is 1. The quantitative estimate of drug-likeness (QED) is 0.840. The SMILES string of the molecule is O=C(CN1CCCC(N2CCCCCC2)C1)NCC1CC1. The number of hydrogen-bond acceptors (Lipinski definition) is 3. The predicted octanol–water partition coefficient (Wildman–Crippen LogP) is 1.85. The number of nitrogens with one attached hydrogen (secondary N) is 1. The minimum atomic E-state index is 0.235. The molecule has 1 aliphatic carbocycles. The van der Waals surface area contributed by atoms with Gasteiger partial charge >= 0.3 is 0 Å². The first kappa shape index (κ1) is 15.3. The molecular weight excluding hydrogens is 262 g/mol. The number of amides is 1. The third kappa shape index (κ3) is 4.96. The van der Waals surface area contributed by atoms with E-state index < -0.39 is 0 Å². The normalized spacial score (nSPS) is 29.0. The Hall–Kier alpha value is -0.610. The zero-order valence-electron chi connectivity index (χ0n) is 13.4. The van der Waals surface area contributed by atoms with Crippen molar-refractivity contribution in [3.05, 3.63) is 0 Å². The first-order chi connectivity index (χ1) is 10.3. The van der Waals surface area contributed by atoms with E-state index in [1.807, 2.05) is 0 Å². The van der Waals surface area contributed by atoms with Crippen molar-refractivity contribution >= 4 is 5.91 Å². The van der Waals surface area contributed by atoms with Crippen LogP contribution in [-0.4, -0.2) is 61.0 Å². The fourth-order valence-electron chi connectivity index (χ4n) is 3.77. The van der Waals surface area contributed by atoms with E-state index in [0.717, 1.165) is 25.6 Å². The van der Waals surface area contributed by atoms with Crippen LogP contribution in [0, 0.1) is 5.92 Å². The highest BCUT2D eigenvalue weighted by Gasteiger charge is 2.27. The van der Waals surface area contributed by atoms with E-state index >= 15 is 0 Å². The van der Waals surface area contributed by atoms with Crippen molar-refractivity contribution in [1.29, 1.82) is 0 Å². The second kappa shape index (κ2) is 7.59. The maximum absolute atomic E-state index is 12.0. The minimum Gasteiger partial charge on any atom is -0.355 e. The summed E-state index contributed by atoms with van der Waals surface area (Å²) in [5, 5.41) is 3.10. The Morgan fingerprint density at radius 3 is 2.43 bits per heavy atom. The van der Waals surface area contributed by atoms with Gasteiger partial charge in [-0.15, -0.1) is 0 Å². The van der Waals surface area contributed by atoms with Gasteiger partial charge in [0.05, 0.1) is 6.54 Å². The van der Waals surface area contributed by atoms with Crippen molar-refractivity contribution in [2.75, 3.05) is 39.3 Å². The fraction of sp³-hybridized carbons (Fsp3) is 0.941. The maximum atomic E-state index is 12.0. The molecule has 0 aromatic carbocycles. The van der Waals surface area contributed by atoms with Gasteiger partial charge in [-0.3, -0.25) is 14.6 Å². The summed E-state index contributed by atoms with van der Waals surface area (Å²) in [5.41, 5.74) is 0. The molecule has 120 valence electrons. The monoisotopic (exact) mass is 293 g/mol. The summed E-state index contributed by atoms with van der Waals surface area (Å²) < 4.78 is 0. The first-order valence-corrected chi connectivity index (χ1v) is 9.04. The first-order valence-electron chi connectivity index (χ1n) is 9.04. The molecule has 0 bridgehead atoms. The molecule has 0 spiro atoms. The van der Waals surface area contributed by atoms with Crippen molar-refractivity contribution in [2.45, 2.75) is 57.4 Å². The van der Waals surface area contributed by atoms with Crippen molar-refractivity contribution < 1.29 is 4.79 Å². The number of piperidine rings is 1. The van der Waals surface area contributed by atoms with Crippen LogP contribution in [0.2, 0.25) is 0 Å². The van der Waals surface area contributed by atoms with Gasteiger partial charge in [0, 0.05) is 19.1 Å². The van der Waals surface area contributed by atoms with Crippen LogP contribution in [0.5, 0.6) is 0 Å². The number of nitrogens with zero attached hydrogens (tertiary/aromatic N) is 2. The fourth-order valence-corrected chi connectivity index (χ4v) is 3.77.